The number of hydrogen-bond acceptors (Lipinski definition) is 2. The van der Waals surface area contributed by atoms with Crippen molar-refractivity contribution in [2.45, 2.75) is 25.9 Å². The summed E-state index contributed by atoms with van der Waals surface area (Å²) in [7, 11) is 0. The zero-order chi connectivity index (χ0) is 16.1. The molecule has 0 heterocycles. The Morgan fingerprint density at radius 2 is 1.73 bits per heavy atom. The Morgan fingerprint density at radius 1 is 1.05 bits per heavy atom. The molecule has 0 radical (unpaired) electrons. The number of amides is 1. The number of carbonyl (C=O) groups excluding carboxylic acids is 1. The number of halogens is 2. The number of rotatable bonds is 5. The molecule has 0 spiro atoms. The molecule has 2 aromatic rings. The van der Waals surface area contributed by atoms with Gasteiger partial charge in [0.15, 0.2) is 0 Å². The van der Waals surface area contributed by atoms with E-state index in [4.69, 9.17) is 23.2 Å². The second-order valence-corrected chi connectivity index (χ2v) is 5.98. The minimum Gasteiger partial charge on any atom is -0.323 e. The van der Waals surface area contributed by atoms with Gasteiger partial charge < -0.3 is 5.32 Å². The molecule has 0 aliphatic rings. The van der Waals surface area contributed by atoms with Crippen LogP contribution in [0.3, 0.4) is 0 Å². The highest BCUT2D eigenvalue weighted by atomic mass is 35.5. The summed E-state index contributed by atoms with van der Waals surface area (Å²) in [6.45, 7) is 3.84. The molecule has 3 nitrogen and oxygen atoms in total. The van der Waals surface area contributed by atoms with Crippen molar-refractivity contribution >= 4 is 34.8 Å². The Morgan fingerprint density at radius 3 is 2.36 bits per heavy atom. The van der Waals surface area contributed by atoms with E-state index in [1.54, 1.807) is 18.2 Å². The Kier molecular flexibility index (Phi) is 5.83. The van der Waals surface area contributed by atoms with Crippen LogP contribution in [0.1, 0.15) is 25.5 Å². The first kappa shape index (κ1) is 16.8. The summed E-state index contributed by atoms with van der Waals surface area (Å²) in [4.78, 5) is 12.3. The molecular formula is C17H18Cl2N2O. The molecule has 0 aromatic heterocycles. The van der Waals surface area contributed by atoms with Crippen LogP contribution in [-0.2, 0) is 4.79 Å². The summed E-state index contributed by atoms with van der Waals surface area (Å²) < 4.78 is 0. The first-order valence-electron chi connectivity index (χ1n) is 7.04. The maximum Gasteiger partial charge on any atom is 0.241 e. The summed E-state index contributed by atoms with van der Waals surface area (Å²) in [5.74, 6) is -0.146. The Bertz CT molecular complexity index is 646. The van der Waals surface area contributed by atoms with E-state index in [2.05, 4.69) is 10.6 Å². The predicted molar refractivity (Wildman–Crippen MR) is 92.5 cm³/mol. The highest BCUT2D eigenvalue weighted by Crippen LogP contribution is 2.25. The van der Waals surface area contributed by atoms with Gasteiger partial charge in [0.2, 0.25) is 5.91 Å². The summed E-state index contributed by atoms with van der Waals surface area (Å²) in [5, 5.41) is 7.02. The number of anilines is 1. The van der Waals surface area contributed by atoms with Crippen LogP contribution in [0.5, 0.6) is 0 Å². The Hall–Kier alpha value is -1.55. The van der Waals surface area contributed by atoms with Crippen LogP contribution in [0, 0.1) is 0 Å². The van der Waals surface area contributed by atoms with E-state index in [1.807, 2.05) is 44.2 Å². The van der Waals surface area contributed by atoms with Crippen molar-refractivity contribution in [1.29, 1.82) is 0 Å². The van der Waals surface area contributed by atoms with E-state index in [9.17, 15) is 4.79 Å². The van der Waals surface area contributed by atoms with Crippen molar-refractivity contribution in [3.05, 3.63) is 64.1 Å². The van der Waals surface area contributed by atoms with Gasteiger partial charge in [-0.1, -0.05) is 53.5 Å². The van der Waals surface area contributed by atoms with Gasteiger partial charge in [0.1, 0.15) is 0 Å². The van der Waals surface area contributed by atoms with Gasteiger partial charge in [-0.3, -0.25) is 10.1 Å². The van der Waals surface area contributed by atoms with Gasteiger partial charge >= 0.3 is 0 Å². The Balaban J connectivity index is 1.97. The van der Waals surface area contributed by atoms with Gasteiger partial charge in [0, 0.05) is 11.1 Å². The van der Waals surface area contributed by atoms with E-state index in [0.717, 1.165) is 5.56 Å². The van der Waals surface area contributed by atoms with Gasteiger partial charge in [-0.15, -0.1) is 0 Å². The molecule has 0 bridgehead atoms. The molecule has 2 rings (SSSR count). The number of nitrogens with one attached hydrogen (secondary N) is 2. The third kappa shape index (κ3) is 4.47. The maximum atomic E-state index is 12.3. The molecule has 0 aliphatic heterocycles. The minimum atomic E-state index is -0.359. The Labute approximate surface area is 140 Å². The SMILES string of the molecule is C[C@H](N[C@H](C)C(=O)Nc1ccc(Cl)cc1Cl)c1ccccc1. The van der Waals surface area contributed by atoms with Crippen molar-refractivity contribution in [3.63, 3.8) is 0 Å². The smallest absolute Gasteiger partial charge is 0.241 e. The summed E-state index contributed by atoms with van der Waals surface area (Å²) in [6.07, 6.45) is 0. The first-order chi connectivity index (χ1) is 10.5. The fraction of sp³-hybridized carbons (Fsp3) is 0.235. The van der Waals surface area contributed by atoms with Crippen LogP contribution in [0.4, 0.5) is 5.69 Å². The van der Waals surface area contributed by atoms with Crippen LogP contribution in [0.15, 0.2) is 48.5 Å². The van der Waals surface area contributed by atoms with Gasteiger partial charge in [0.05, 0.1) is 16.8 Å². The topological polar surface area (TPSA) is 41.1 Å². The minimum absolute atomic E-state index is 0.0719. The lowest BCUT2D eigenvalue weighted by atomic mass is 10.1. The molecule has 2 atom stereocenters. The molecule has 5 heteroatoms. The molecular weight excluding hydrogens is 319 g/mol. The second-order valence-electron chi connectivity index (χ2n) is 5.13. The van der Waals surface area contributed by atoms with Gasteiger partial charge in [0.25, 0.3) is 0 Å². The van der Waals surface area contributed by atoms with Crippen molar-refractivity contribution in [1.82, 2.24) is 5.32 Å². The van der Waals surface area contributed by atoms with E-state index in [1.165, 1.54) is 0 Å². The second kappa shape index (κ2) is 7.63. The molecule has 2 aromatic carbocycles. The van der Waals surface area contributed by atoms with E-state index >= 15 is 0 Å². The van der Waals surface area contributed by atoms with Gasteiger partial charge in [-0.2, -0.15) is 0 Å². The molecule has 0 fully saturated rings. The predicted octanol–water partition coefficient (Wildman–Crippen LogP) is 4.67. The van der Waals surface area contributed by atoms with Crippen molar-refractivity contribution in [2.24, 2.45) is 0 Å². The number of carbonyl (C=O) groups is 1. The first-order valence-corrected chi connectivity index (χ1v) is 7.80. The highest BCUT2D eigenvalue weighted by molar-refractivity contribution is 6.36. The molecule has 0 unspecified atom stereocenters. The summed E-state index contributed by atoms with van der Waals surface area (Å²) >= 11 is 11.9. The lowest BCUT2D eigenvalue weighted by Gasteiger charge is -2.20. The van der Waals surface area contributed by atoms with Crippen LogP contribution < -0.4 is 10.6 Å². The quantitative estimate of drug-likeness (QED) is 0.832. The molecule has 22 heavy (non-hydrogen) atoms. The normalized spacial score (nSPS) is 13.5. The van der Waals surface area contributed by atoms with E-state index < -0.39 is 0 Å². The number of hydrogen-bond donors (Lipinski definition) is 2. The average molecular weight is 337 g/mol. The average Bonchev–Trinajstić information content (AvgIpc) is 2.50. The van der Waals surface area contributed by atoms with Gasteiger partial charge in [-0.05, 0) is 37.6 Å². The standard InChI is InChI=1S/C17H18Cl2N2O/c1-11(13-6-4-3-5-7-13)20-12(2)17(22)21-16-9-8-14(18)10-15(16)19/h3-12,20H,1-2H3,(H,21,22)/t11-,12+/m0/s1. The van der Waals surface area contributed by atoms with Crippen LogP contribution in [-0.4, -0.2) is 11.9 Å². The van der Waals surface area contributed by atoms with Crippen molar-refractivity contribution in [2.75, 3.05) is 5.32 Å². The zero-order valence-electron chi connectivity index (χ0n) is 12.4. The third-order valence-corrected chi connectivity index (χ3v) is 3.93. The van der Waals surface area contributed by atoms with E-state index in [-0.39, 0.29) is 18.0 Å². The summed E-state index contributed by atoms with van der Waals surface area (Å²) in [6, 6.07) is 14.7. The lowest BCUT2D eigenvalue weighted by Crippen LogP contribution is -2.39. The molecule has 2 N–H and O–H groups in total. The van der Waals surface area contributed by atoms with Crippen LogP contribution in [0.2, 0.25) is 10.0 Å². The monoisotopic (exact) mass is 336 g/mol. The fourth-order valence-electron chi connectivity index (χ4n) is 2.12. The maximum absolute atomic E-state index is 12.3. The number of benzene rings is 2. The highest BCUT2D eigenvalue weighted by Gasteiger charge is 2.17. The van der Waals surface area contributed by atoms with E-state index in [0.29, 0.717) is 15.7 Å². The largest absolute Gasteiger partial charge is 0.323 e. The molecule has 0 aliphatic carbocycles. The summed E-state index contributed by atoms with van der Waals surface area (Å²) in [5.41, 5.74) is 1.68. The van der Waals surface area contributed by atoms with Crippen molar-refractivity contribution < 1.29 is 4.79 Å². The molecule has 0 saturated heterocycles. The van der Waals surface area contributed by atoms with Crippen LogP contribution in [0.25, 0.3) is 0 Å². The lowest BCUT2D eigenvalue weighted by molar-refractivity contribution is -0.117. The fourth-order valence-corrected chi connectivity index (χ4v) is 2.58. The van der Waals surface area contributed by atoms with Crippen molar-refractivity contribution in [3.8, 4) is 0 Å². The van der Waals surface area contributed by atoms with Gasteiger partial charge in [-0.25, -0.2) is 0 Å². The van der Waals surface area contributed by atoms with Crippen LogP contribution >= 0.6 is 23.2 Å². The molecule has 1 amide bonds. The molecule has 116 valence electrons. The zero-order valence-corrected chi connectivity index (χ0v) is 13.9. The molecule has 0 saturated carbocycles. The third-order valence-electron chi connectivity index (χ3n) is 3.38.